The number of imidazole rings is 1. The van der Waals surface area contributed by atoms with E-state index in [9.17, 15) is 4.79 Å². The molecule has 0 spiro atoms. The van der Waals surface area contributed by atoms with Crippen LogP contribution in [0, 0.1) is 5.92 Å². The van der Waals surface area contributed by atoms with Crippen molar-refractivity contribution in [1.82, 2.24) is 9.38 Å². The van der Waals surface area contributed by atoms with Crippen molar-refractivity contribution in [2.24, 2.45) is 11.7 Å². The van der Waals surface area contributed by atoms with Crippen LogP contribution in [0.3, 0.4) is 0 Å². The number of anilines is 1. The highest BCUT2D eigenvalue weighted by atomic mass is 35.5. The van der Waals surface area contributed by atoms with Gasteiger partial charge in [0.05, 0.1) is 11.6 Å². The zero-order valence-corrected chi connectivity index (χ0v) is 14.5. The minimum Gasteiger partial charge on any atom is -0.327 e. The van der Waals surface area contributed by atoms with Gasteiger partial charge in [-0.15, -0.1) is 23.7 Å². The van der Waals surface area contributed by atoms with Crippen LogP contribution in [0.2, 0.25) is 0 Å². The van der Waals surface area contributed by atoms with Crippen LogP contribution in [0.15, 0.2) is 42.0 Å². The molecule has 2 atom stereocenters. The Kier molecular flexibility index (Phi) is 5.41. The van der Waals surface area contributed by atoms with Crippen molar-refractivity contribution in [3.63, 3.8) is 0 Å². The van der Waals surface area contributed by atoms with Crippen LogP contribution in [-0.2, 0) is 4.79 Å². The number of amides is 1. The number of carbonyl (C=O) groups excluding carboxylic acids is 1. The number of thiazole rings is 1. The minimum absolute atomic E-state index is 0. The van der Waals surface area contributed by atoms with Crippen LogP contribution in [0.5, 0.6) is 0 Å². The third kappa shape index (κ3) is 3.72. The maximum atomic E-state index is 12.0. The van der Waals surface area contributed by atoms with Gasteiger partial charge < -0.3 is 11.1 Å². The fourth-order valence-electron chi connectivity index (χ4n) is 2.09. The number of nitrogens with two attached hydrogens (primary N) is 1. The molecule has 7 heteroatoms. The number of benzene rings is 1. The van der Waals surface area contributed by atoms with Crippen molar-refractivity contribution in [2.45, 2.75) is 19.9 Å². The van der Waals surface area contributed by atoms with Gasteiger partial charge in [0.15, 0.2) is 4.96 Å². The zero-order valence-electron chi connectivity index (χ0n) is 12.9. The predicted molar refractivity (Wildman–Crippen MR) is 97.2 cm³/mol. The summed E-state index contributed by atoms with van der Waals surface area (Å²) in [5, 5.41) is 4.89. The molecular weight excluding hydrogens is 332 g/mol. The predicted octanol–water partition coefficient (Wildman–Crippen LogP) is 3.41. The van der Waals surface area contributed by atoms with Gasteiger partial charge in [-0.2, -0.15) is 0 Å². The van der Waals surface area contributed by atoms with E-state index in [0.29, 0.717) is 0 Å². The molecule has 1 amide bonds. The van der Waals surface area contributed by atoms with E-state index in [2.05, 4.69) is 10.3 Å². The van der Waals surface area contributed by atoms with Gasteiger partial charge in [0.1, 0.15) is 0 Å². The van der Waals surface area contributed by atoms with Crippen molar-refractivity contribution in [2.75, 3.05) is 5.32 Å². The topological polar surface area (TPSA) is 72.4 Å². The monoisotopic (exact) mass is 350 g/mol. The lowest BCUT2D eigenvalue weighted by molar-refractivity contribution is -0.119. The van der Waals surface area contributed by atoms with E-state index in [1.807, 2.05) is 60.3 Å². The number of fused-ring (bicyclic) bond motifs is 1. The number of nitrogens with zero attached hydrogens (tertiary/aromatic N) is 2. The van der Waals surface area contributed by atoms with E-state index in [4.69, 9.17) is 5.73 Å². The Morgan fingerprint density at radius 2 is 2.00 bits per heavy atom. The van der Waals surface area contributed by atoms with E-state index < -0.39 is 0 Å². The van der Waals surface area contributed by atoms with Crippen LogP contribution in [0.1, 0.15) is 13.8 Å². The number of rotatable bonds is 4. The Hall–Kier alpha value is -1.89. The summed E-state index contributed by atoms with van der Waals surface area (Å²) < 4.78 is 2.00. The summed E-state index contributed by atoms with van der Waals surface area (Å²) in [6, 6.07) is 7.51. The number of hydrogen-bond acceptors (Lipinski definition) is 4. The van der Waals surface area contributed by atoms with Gasteiger partial charge in [-0.05, 0) is 19.1 Å². The van der Waals surface area contributed by atoms with Gasteiger partial charge in [-0.3, -0.25) is 9.20 Å². The Labute approximate surface area is 144 Å². The number of nitrogens with one attached hydrogen (secondary N) is 1. The average Bonchev–Trinajstić information content (AvgIpc) is 3.08. The first-order valence-corrected chi connectivity index (χ1v) is 8.01. The Morgan fingerprint density at radius 3 is 2.61 bits per heavy atom. The molecule has 122 valence electrons. The molecule has 5 nitrogen and oxygen atoms in total. The molecule has 0 saturated carbocycles. The third-order valence-electron chi connectivity index (χ3n) is 3.74. The molecule has 0 aliphatic heterocycles. The second-order valence-corrected chi connectivity index (χ2v) is 6.31. The number of halogens is 1. The molecule has 0 bridgehead atoms. The zero-order chi connectivity index (χ0) is 15.7. The molecule has 3 rings (SSSR count). The maximum Gasteiger partial charge on any atom is 0.228 e. The molecule has 3 N–H and O–H groups in total. The smallest absolute Gasteiger partial charge is 0.228 e. The molecule has 1 aromatic carbocycles. The van der Waals surface area contributed by atoms with Gasteiger partial charge in [0, 0.05) is 35.1 Å². The van der Waals surface area contributed by atoms with Crippen LogP contribution in [0.4, 0.5) is 5.69 Å². The average molecular weight is 351 g/mol. The summed E-state index contributed by atoms with van der Waals surface area (Å²) in [4.78, 5) is 17.5. The van der Waals surface area contributed by atoms with E-state index in [1.54, 1.807) is 11.3 Å². The van der Waals surface area contributed by atoms with Crippen LogP contribution in [-0.4, -0.2) is 21.3 Å². The largest absolute Gasteiger partial charge is 0.327 e. The molecule has 0 saturated heterocycles. The minimum atomic E-state index is -0.223. The van der Waals surface area contributed by atoms with Crippen LogP contribution >= 0.6 is 23.7 Å². The summed E-state index contributed by atoms with van der Waals surface area (Å²) in [5.74, 6) is -0.287. The van der Waals surface area contributed by atoms with Crippen LogP contribution in [0.25, 0.3) is 16.2 Å². The fourth-order valence-corrected chi connectivity index (χ4v) is 2.79. The van der Waals surface area contributed by atoms with Gasteiger partial charge in [0.25, 0.3) is 0 Å². The number of hydrogen-bond donors (Lipinski definition) is 2. The highest BCUT2D eigenvalue weighted by Gasteiger charge is 2.17. The normalized spacial score (nSPS) is 13.3. The summed E-state index contributed by atoms with van der Waals surface area (Å²) in [6.45, 7) is 3.66. The molecule has 23 heavy (non-hydrogen) atoms. The molecule has 0 fully saturated rings. The molecule has 2 heterocycles. The van der Waals surface area contributed by atoms with Crippen molar-refractivity contribution >= 4 is 40.3 Å². The molecular formula is C16H19ClN4OS. The van der Waals surface area contributed by atoms with E-state index in [-0.39, 0.29) is 30.3 Å². The second kappa shape index (κ2) is 7.12. The molecule has 3 aromatic rings. The maximum absolute atomic E-state index is 12.0. The lowest BCUT2D eigenvalue weighted by atomic mass is 10.0. The van der Waals surface area contributed by atoms with Crippen molar-refractivity contribution in [3.05, 3.63) is 42.0 Å². The standard InChI is InChI=1S/C16H18N4OS.ClH/c1-10(11(2)17)15(21)18-13-5-3-12(4-6-13)14-9-20-7-8-22-16(20)19-14;/h3-11H,17H2,1-2H3,(H,18,21);1H. The summed E-state index contributed by atoms with van der Waals surface area (Å²) in [7, 11) is 0. The lowest BCUT2D eigenvalue weighted by Gasteiger charge is -2.15. The van der Waals surface area contributed by atoms with Crippen molar-refractivity contribution in [1.29, 1.82) is 0 Å². The van der Waals surface area contributed by atoms with E-state index >= 15 is 0 Å². The van der Waals surface area contributed by atoms with Crippen LogP contribution < -0.4 is 11.1 Å². The molecule has 0 radical (unpaired) electrons. The molecule has 0 aliphatic rings. The first-order chi connectivity index (χ1) is 10.5. The van der Waals surface area contributed by atoms with E-state index in [1.165, 1.54) is 0 Å². The van der Waals surface area contributed by atoms with Gasteiger partial charge in [0.2, 0.25) is 5.91 Å². The SMILES string of the molecule is CC(N)C(C)C(=O)Nc1ccc(-c2cn3ccsc3n2)cc1.Cl. The Balaban J connectivity index is 0.00000192. The first-order valence-electron chi connectivity index (χ1n) is 7.13. The van der Waals surface area contributed by atoms with Gasteiger partial charge in [-0.25, -0.2) is 4.98 Å². The summed E-state index contributed by atoms with van der Waals surface area (Å²) in [5.41, 5.74) is 8.46. The van der Waals surface area contributed by atoms with Crippen molar-refractivity contribution < 1.29 is 4.79 Å². The third-order valence-corrected chi connectivity index (χ3v) is 4.51. The Morgan fingerprint density at radius 1 is 1.30 bits per heavy atom. The number of carbonyl (C=O) groups is 1. The van der Waals surface area contributed by atoms with Gasteiger partial charge in [-0.1, -0.05) is 19.1 Å². The fraction of sp³-hybridized carbons (Fsp3) is 0.250. The summed E-state index contributed by atoms with van der Waals surface area (Å²) in [6.07, 6.45) is 3.98. The first kappa shape index (κ1) is 17.5. The quantitative estimate of drug-likeness (QED) is 0.757. The molecule has 2 aromatic heterocycles. The van der Waals surface area contributed by atoms with Crippen molar-refractivity contribution in [3.8, 4) is 11.3 Å². The molecule has 2 unspecified atom stereocenters. The second-order valence-electron chi connectivity index (χ2n) is 5.43. The molecule has 0 aliphatic carbocycles. The Bertz CT molecular complexity index is 765. The summed E-state index contributed by atoms with van der Waals surface area (Å²) >= 11 is 1.60. The van der Waals surface area contributed by atoms with E-state index in [0.717, 1.165) is 21.9 Å². The highest BCUT2D eigenvalue weighted by molar-refractivity contribution is 7.15. The number of aromatic nitrogens is 2. The lowest BCUT2D eigenvalue weighted by Crippen LogP contribution is -2.34. The highest BCUT2D eigenvalue weighted by Crippen LogP contribution is 2.23. The van der Waals surface area contributed by atoms with Gasteiger partial charge >= 0.3 is 0 Å².